The van der Waals surface area contributed by atoms with Crippen molar-refractivity contribution in [3.63, 3.8) is 0 Å². The molecule has 0 atom stereocenters. The van der Waals surface area contributed by atoms with Crippen LogP contribution < -0.4 is 5.73 Å². The van der Waals surface area contributed by atoms with Crippen molar-refractivity contribution >= 4 is 0 Å². The molecule has 2 rings (SSSR count). The Morgan fingerprint density at radius 2 is 2.06 bits per heavy atom. The van der Waals surface area contributed by atoms with Crippen LogP contribution in [0.2, 0.25) is 0 Å². The largest absolute Gasteiger partial charge is 0.465 e. The van der Waals surface area contributed by atoms with Gasteiger partial charge in [-0.3, -0.25) is 4.68 Å². The van der Waals surface area contributed by atoms with Gasteiger partial charge >= 0.3 is 0 Å². The molecule has 2 aromatic rings. The van der Waals surface area contributed by atoms with Crippen LogP contribution in [0.3, 0.4) is 0 Å². The maximum Gasteiger partial charge on any atom is 0.118 e. The Hall–Kier alpha value is -1.55. The van der Waals surface area contributed by atoms with Gasteiger partial charge < -0.3 is 10.2 Å². The van der Waals surface area contributed by atoms with Crippen molar-refractivity contribution in [2.24, 2.45) is 5.73 Å². The van der Waals surface area contributed by atoms with Gasteiger partial charge in [-0.1, -0.05) is 6.92 Å². The Balaban J connectivity index is 2.31. The van der Waals surface area contributed by atoms with Gasteiger partial charge in [0.25, 0.3) is 0 Å². The molecule has 4 heteroatoms. The third-order valence-corrected chi connectivity index (χ3v) is 3.48. The molecule has 0 aliphatic heterocycles. The molecule has 0 amide bonds. The van der Waals surface area contributed by atoms with Crippen LogP contribution >= 0.6 is 0 Å². The molecule has 2 aromatic heterocycles. The van der Waals surface area contributed by atoms with E-state index in [-0.39, 0.29) is 0 Å². The standard InChI is InChI=1S/C14H21N3O/c1-5-14-9(2)16-17(10(14)3)8-12-6-13(7-15)18-11(12)4/h6H,5,7-8,15H2,1-4H3. The second-order valence-electron chi connectivity index (χ2n) is 4.66. The topological polar surface area (TPSA) is 57.0 Å². The van der Waals surface area contributed by atoms with Gasteiger partial charge in [0.2, 0.25) is 0 Å². The first-order valence-electron chi connectivity index (χ1n) is 6.38. The van der Waals surface area contributed by atoms with Crippen LogP contribution in [0, 0.1) is 20.8 Å². The van der Waals surface area contributed by atoms with Gasteiger partial charge in [-0.2, -0.15) is 5.10 Å². The zero-order chi connectivity index (χ0) is 13.3. The summed E-state index contributed by atoms with van der Waals surface area (Å²) in [5.41, 5.74) is 10.4. The number of hydrogen-bond acceptors (Lipinski definition) is 3. The normalized spacial score (nSPS) is 11.2. The minimum atomic E-state index is 0.443. The van der Waals surface area contributed by atoms with E-state index in [1.165, 1.54) is 11.3 Å². The molecule has 0 bridgehead atoms. The highest BCUT2D eigenvalue weighted by Crippen LogP contribution is 2.19. The predicted molar refractivity (Wildman–Crippen MR) is 71.5 cm³/mol. The Morgan fingerprint density at radius 1 is 1.33 bits per heavy atom. The summed E-state index contributed by atoms with van der Waals surface area (Å²) in [5.74, 6) is 1.76. The molecule has 0 spiro atoms. The number of furan rings is 1. The summed E-state index contributed by atoms with van der Waals surface area (Å²) in [6.07, 6.45) is 1.02. The molecule has 0 aliphatic rings. The molecule has 2 heterocycles. The van der Waals surface area contributed by atoms with Crippen molar-refractivity contribution in [1.82, 2.24) is 9.78 Å². The maximum absolute atomic E-state index is 5.59. The van der Waals surface area contributed by atoms with Crippen LogP contribution in [-0.4, -0.2) is 9.78 Å². The van der Waals surface area contributed by atoms with Crippen molar-refractivity contribution in [1.29, 1.82) is 0 Å². The number of nitrogens with two attached hydrogens (primary N) is 1. The maximum atomic E-state index is 5.59. The number of hydrogen-bond donors (Lipinski definition) is 1. The second-order valence-corrected chi connectivity index (χ2v) is 4.66. The zero-order valence-electron chi connectivity index (χ0n) is 11.6. The van der Waals surface area contributed by atoms with E-state index in [2.05, 4.69) is 25.9 Å². The summed E-state index contributed by atoms with van der Waals surface area (Å²) in [5, 5.41) is 4.60. The summed E-state index contributed by atoms with van der Waals surface area (Å²) in [6, 6.07) is 2.03. The lowest BCUT2D eigenvalue weighted by Gasteiger charge is -2.03. The van der Waals surface area contributed by atoms with Crippen LogP contribution in [0.5, 0.6) is 0 Å². The molecule has 4 nitrogen and oxygen atoms in total. The van der Waals surface area contributed by atoms with E-state index in [4.69, 9.17) is 10.2 Å². The third-order valence-electron chi connectivity index (χ3n) is 3.48. The number of rotatable bonds is 4. The number of aromatic nitrogens is 2. The Morgan fingerprint density at radius 3 is 2.56 bits per heavy atom. The summed E-state index contributed by atoms with van der Waals surface area (Å²) in [4.78, 5) is 0. The zero-order valence-corrected chi connectivity index (χ0v) is 11.6. The molecule has 0 aromatic carbocycles. The van der Waals surface area contributed by atoms with Gasteiger partial charge in [-0.25, -0.2) is 0 Å². The highest BCUT2D eigenvalue weighted by Gasteiger charge is 2.12. The Labute approximate surface area is 108 Å². The quantitative estimate of drug-likeness (QED) is 0.903. The van der Waals surface area contributed by atoms with Crippen molar-refractivity contribution in [3.05, 3.63) is 40.1 Å². The van der Waals surface area contributed by atoms with Crippen LogP contribution in [0.4, 0.5) is 0 Å². The molecular formula is C14H21N3O. The van der Waals surface area contributed by atoms with E-state index < -0.39 is 0 Å². The minimum absolute atomic E-state index is 0.443. The first-order valence-corrected chi connectivity index (χ1v) is 6.38. The molecule has 18 heavy (non-hydrogen) atoms. The summed E-state index contributed by atoms with van der Waals surface area (Å²) in [6.45, 7) is 9.52. The van der Waals surface area contributed by atoms with Crippen molar-refractivity contribution in [2.45, 2.75) is 47.2 Å². The van der Waals surface area contributed by atoms with E-state index >= 15 is 0 Å². The lowest BCUT2D eigenvalue weighted by atomic mass is 10.1. The molecule has 98 valence electrons. The lowest BCUT2D eigenvalue weighted by Crippen LogP contribution is -2.04. The fraction of sp³-hybridized carbons (Fsp3) is 0.500. The van der Waals surface area contributed by atoms with Crippen LogP contribution in [0.15, 0.2) is 10.5 Å². The first kappa shape index (κ1) is 12.9. The van der Waals surface area contributed by atoms with Gasteiger partial charge in [-0.15, -0.1) is 0 Å². The van der Waals surface area contributed by atoms with Crippen LogP contribution in [-0.2, 0) is 19.5 Å². The van der Waals surface area contributed by atoms with Crippen molar-refractivity contribution in [2.75, 3.05) is 0 Å². The van der Waals surface area contributed by atoms with E-state index in [0.717, 1.165) is 35.7 Å². The Bertz CT molecular complexity index is 552. The van der Waals surface area contributed by atoms with E-state index in [9.17, 15) is 0 Å². The van der Waals surface area contributed by atoms with Gasteiger partial charge in [0.15, 0.2) is 0 Å². The lowest BCUT2D eigenvalue weighted by molar-refractivity contribution is 0.480. The predicted octanol–water partition coefficient (Wildman–Crippen LogP) is 2.47. The summed E-state index contributed by atoms with van der Waals surface area (Å²) >= 11 is 0. The number of aryl methyl sites for hydroxylation is 2. The summed E-state index contributed by atoms with van der Waals surface area (Å²) < 4.78 is 7.62. The highest BCUT2D eigenvalue weighted by atomic mass is 16.3. The average Bonchev–Trinajstić information content (AvgIpc) is 2.82. The fourth-order valence-electron chi connectivity index (χ4n) is 2.41. The van der Waals surface area contributed by atoms with E-state index in [1.807, 2.05) is 17.7 Å². The van der Waals surface area contributed by atoms with Crippen LogP contribution in [0.1, 0.15) is 41.0 Å². The van der Waals surface area contributed by atoms with Crippen molar-refractivity contribution in [3.8, 4) is 0 Å². The van der Waals surface area contributed by atoms with E-state index in [1.54, 1.807) is 0 Å². The van der Waals surface area contributed by atoms with E-state index in [0.29, 0.717) is 6.54 Å². The molecular weight excluding hydrogens is 226 g/mol. The summed E-state index contributed by atoms with van der Waals surface area (Å²) in [7, 11) is 0. The molecule has 0 saturated carbocycles. The average molecular weight is 247 g/mol. The molecule has 2 N–H and O–H groups in total. The fourth-order valence-corrected chi connectivity index (χ4v) is 2.41. The number of nitrogens with zero attached hydrogens (tertiary/aromatic N) is 2. The van der Waals surface area contributed by atoms with Gasteiger partial charge in [0, 0.05) is 11.3 Å². The van der Waals surface area contributed by atoms with Crippen molar-refractivity contribution < 1.29 is 4.42 Å². The molecule has 0 fully saturated rings. The Kier molecular flexibility index (Phi) is 3.57. The second kappa shape index (κ2) is 4.98. The SMILES string of the molecule is CCc1c(C)nn(Cc2cc(CN)oc2C)c1C. The third kappa shape index (κ3) is 2.20. The molecule has 0 unspecified atom stereocenters. The molecule has 0 saturated heterocycles. The monoisotopic (exact) mass is 247 g/mol. The van der Waals surface area contributed by atoms with Gasteiger partial charge in [0.05, 0.1) is 18.8 Å². The van der Waals surface area contributed by atoms with Crippen LogP contribution in [0.25, 0.3) is 0 Å². The molecule has 0 radical (unpaired) electrons. The minimum Gasteiger partial charge on any atom is -0.465 e. The van der Waals surface area contributed by atoms with Gasteiger partial charge in [0.1, 0.15) is 11.5 Å². The molecule has 0 aliphatic carbocycles. The highest BCUT2D eigenvalue weighted by molar-refractivity contribution is 5.27. The van der Waals surface area contributed by atoms with Gasteiger partial charge in [-0.05, 0) is 38.8 Å². The smallest absolute Gasteiger partial charge is 0.118 e. The first-order chi connectivity index (χ1) is 8.56.